The van der Waals surface area contributed by atoms with Crippen molar-refractivity contribution in [3.8, 4) is 0 Å². The molecule has 0 aliphatic carbocycles. The fourth-order valence-electron chi connectivity index (χ4n) is 5.11. The van der Waals surface area contributed by atoms with E-state index < -0.39 is 42.3 Å². The summed E-state index contributed by atoms with van der Waals surface area (Å²) < 4.78 is -0.259. The highest BCUT2D eigenvalue weighted by atomic mass is 28.5. The van der Waals surface area contributed by atoms with Crippen LogP contribution in [-0.2, 0) is 4.79 Å². The maximum atomic E-state index is 11.3. The summed E-state index contributed by atoms with van der Waals surface area (Å²) in [6.45, 7) is 20.3. The second-order valence-electron chi connectivity index (χ2n) is 8.87. The van der Waals surface area contributed by atoms with Crippen LogP contribution in [0.15, 0.2) is 0 Å². The fraction of sp³-hybridized carbons (Fsp3) is 0.923. The Bertz CT molecular complexity index is 330. The molecular weight excluding hydrogens is 302 g/mol. The van der Waals surface area contributed by atoms with Crippen molar-refractivity contribution < 1.29 is 15.0 Å². The van der Waals surface area contributed by atoms with Crippen LogP contribution in [0.25, 0.3) is 0 Å². The van der Waals surface area contributed by atoms with Gasteiger partial charge in [-0.3, -0.25) is 4.79 Å². The van der Waals surface area contributed by atoms with E-state index in [4.69, 9.17) is 5.73 Å². The first kappa shape index (κ1) is 20.0. The molecule has 0 spiro atoms. The lowest BCUT2D eigenvalue weighted by Gasteiger charge is -2.61. The minimum absolute atomic E-state index is 0.259. The number of carboxylic acids is 1. The quantitative estimate of drug-likeness (QED) is 0.651. The predicted octanol–water partition coefficient (Wildman–Crippen LogP) is 2.59. The molecule has 0 heterocycles. The largest absolute Gasteiger partial charge is 0.480 e. The molecule has 20 heavy (non-hydrogen) atoms. The van der Waals surface area contributed by atoms with Crippen molar-refractivity contribution >= 4 is 30.2 Å². The number of nitrogens with two attached hydrogens (primary N) is 1. The highest BCUT2D eigenvalue weighted by molar-refractivity contribution is 7.15. The molecule has 0 amide bonds. The standard InChI is InChI=1S/C13H33NO3Si3/c1-18(2,3)13(19(4,5)6,20(7,8)9)11(15)10(14)12(16)17/h10-11,15H,14H2,1-9H3,(H,16,17)/t10-,11-/m0/s1. The van der Waals surface area contributed by atoms with Gasteiger partial charge in [-0.05, 0) is 4.28 Å². The Morgan fingerprint density at radius 2 is 1.15 bits per heavy atom. The van der Waals surface area contributed by atoms with E-state index in [0.29, 0.717) is 0 Å². The summed E-state index contributed by atoms with van der Waals surface area (Å²) in [4.78, 5) is 11.3. The summed E-state index contributed by atoms with van der Waals surface area (Å²) in [7, 11) is -5.55. The highest BCUT2D eigenvalue weighted by Crippen LogP contribution is 2.56. The molecule has 2 atom stereocenters. The Hall–Kier alpha value is 0.0406. The third kappa shape index (κ3) is 3.11. The van der Waals surface area contributed by atoms with Gasteiger partial charge in [0.25, 0.3) is 0 Å². The van der Waals surface area contributed by atoms with Gasteiger partial charge in [0, 0.05) is 24.2 Å². The molecule has 120 valence electrons. The Balaban J connectivity index is 6.41. The van der Waals surface area contributed by atoms with Crippen LogP contribution < -0.4 is 5.73 Å². The first-order chi connectivity index (χ1) is 8.51. The van der Waals surface area contributed by atoms with Gasteiger partial charge in [0.15, 0.2) is 0 Å². The molecule has 0 saturated carbocycles. The molecule has 0 aromatic rings. The molecule has 0 unspecified atom stereocenters. The molecular formula is C13H33NO3Si3. The van der Waals surface area contributed by atoms with Gasteiger partial charge in [-0.2, -0.15) is 0 Å². The summed E-state index contributed by atoms with van der Waals surface area (Å²) in [5, 5.41) is 20.3. The number of hydrogen-bond donors (Lipinski definition) is 3. The van der Waals surface area contributed by atoms with Crippen LogP contribution in [0.4, 0.5) is 0 Å². The van der Waals surface area contributed by atoms with E-state index in [9.17, 15) is 15.0 Å². The van der Waals surface area contributed by atoms with E-state index in [0.717, 1.165) is 0 Å². The summed E-state index contributed by atoms with van der Waals surface area (Å²) in [6, 6.07) is -1.19. The van der Waals surface area contributed by atoms with Gasteiger partial charge >= 0.3 is 5.97 Å². The van der Waals surface area contributed by atoms with Crippen molar-refractivity contribution in [3.63, 3.8) is 0 Å². The summed E-state index contributed by atoms with van der Waals surface area (Å²) >= 11 is 0. The Labute approximate surface area is 126 Å². The molecule has 7 heteroatoms. The van der Waals surface area contributed by atoms with Crippen LogP contribution in [0.2, 0.25) is 63.2 Å². The summed E-state index contributed by atoms with van der Waals surface area (Å²) in [6.07, 6.45) is -0.954. The normalized spacial score (nSPS) is 17.8. The van der Waals surface area contributed by atoms with E-state index in [1.165, 1.54) is 0 Å². The molecule has 0 fully saturated rings. The second-order valence-corrected chi connectivity index (χ2v) is 26.2. The maximum Gasteiger partial charge on any atom is 0.323 e. The topological polar surface area (TPSA) is 83.5 Å². The van der Waals surface area contributed by atoms with Crippen molar-refractivity contribution in [3.05, 3.63) is 0 Å². The van der Waals surface area contributed by atoms with Crippen LogP contribution >= 0.6 is 0 Å². The average molecular weight is 336 g/mol. The first-order valence-corrected chi connectivity index (χ1v) is 17.7. The lowest BCUT2D eigenvalue weighted by Crippen LogP contribution is -2.73. The third-order valence-corrected chi connectivity index (χ3v) is 26.1. The van der Waals surface area contributed by atoms with Crippen molar-refractivity contribution in [1.82, 2.24) is 0 Å². The Morgan fingerprint density at radius 1 is 0.900 bits per heavy atom. The zero-order valence-electron chi connectivity index (χ0n) is 14.5. The van der Waals surface area contributed by atoms with Crippen LogP contribution in [-0.4, -0.2) is 52.5 Å². The van der Waals surface area contributed by atoms with Gasteiger partial charge in [0.1, 0.15) is 6.04 Å². The van der Waals surface area contributed by atoms with Gasteiger partial charge < -0.3 is 15.9 Å². The molecule has 0 aromatic carbocycles. The molecule has 0 radical (unpaired) electrons. The number of aliphatic carboxylic acids is 1. The molecule has 0 aliphatic rings. The minimum atomic E-state index is -1.85. The zero-order valence-corrected chi connectivity index (χ0v) is 17.5. The molecule has 0 bridgehead atoms. The van der Waals surface area contributed by atoms with Gasteiger partial charge in [-0.25, -0.2) is 0 Å². The minimum Gasteiger partial charge on any atom is -0.480 e. The van der Waals surface area contributed by atoms with Crippen LogP contribution in [0.3, 0.4) is 0 Å². The van der Waals surface area contributed by atoms with Gasteiger partial charge in [0.2, 0.25) is 0 Å². The maximum absolute atomic E-state index is 11.3. The second kappa shape index (κ2) is 5.68. The van der Waals surface area contributed by atoms with E-state index in [1.54, 1.807) is 0 Å². The van der Waals surface area contributed by atoms with Crippen LogP contribution in [0.1, 0.15) is 0 Å². The van der Waals surface area contributed by atoms with E-state index in [-0.39, 0.29) is 4.28 Å². The van der Waals surface area contributed by atoms with Gasteiger partial charge in [-0.1, -0.05) is 58.9 Å². The van der Waals surface area contributed by atoms with Crippen LogP contribution in [0.5, 0.6) is 0 Å². The lowest BCUT2D eigenvalue weighted by atomic mass is 10.2. The molecule has 0 aromatic heterocycles. The molecule has 0 rings (SSSR count). The Morgan fingerprint density at radius 3 is 1.30 bits per heavy atom. The zero-order chi connectivity index (χ0) is 16.7. The number of carbonyl (C=O) groups is 1. The number of rotatable bonds is 6. The van der Waals surface area contributed by atoms with Gasteiger partial charge in [-0.15, -0.1) is 0 Å². The van der Waals surface area contributed by atoms with Crippen LogP contribution in [0, 0.1) is 0 Å². The summed E-state index contributed by atoms with van der Waals surface area (Å²) in [5.74, 6) is -1.10. The highest BCUT2D eigenvalue weighted by Gasteiger charge is 2.65. The number of carboxylic acid groups (broad SMARTS) is 1. The number of hydrogen-bond acceptors (Lipinski definition) is 3. The Kier molecular flexibility index (Phi) is 5.69. The molecule has 4 N–H and O–H groups in total. The smallest absolute Gasteiger partial charge is 0.323 e. The molecule has 4 nitrogen and oxygen atoms in total. The van der Waals surface area contributed by atoms with Crippen molar-refractivity contribution in [1.29, 1.82) is 0 Å². The van der Waals surface area contributed by atoms with E-state index in [2.05, 4.69) is 58.9 Å². The van der Waals surface area contributed by atoms with E-state index >= 15 is 0 Å². The average Bonchev–Trinajstić information content (AvgIpc) is 2.09. The third-order valence-electron chi connectivity index (χ3n) is 4.62. The predicted molar refractivity (Wildman–Crippen MR) is 94.3 cm³/mol. The lowest BCUT2D eigenvalue weighted by molar-refractivity contribution is -0.141. The van der Waals surface area contributed by atoms with E-state index in [1.807, 2.05) is 0 Å². The molecule has 0 saturated heterocycles. The SMILES string of the molecule is C[Si](C)(C)C([C@@H](O)[C@H](N)C(=O)O)([Si](C)(C)C)[Si](C)(C)C. The monoisotopic (exact) mass is 335 g/mol. The first-order valence-electron chi connectivity index (χ1n) is 7.18. The fourth-order valence-corrected chi connectivity index (χ4v) is 35.3. The van der Waals surface area contributed by atoms with Crippen molar-refractivity contribution in [2.45, 2.75) is 75.4 Å². The number of aliphatic hydroxyl groups excluding tert-OH is 1. The number of aliphatic hydroxyl groups is 1. The molecule has 0 aliphatic heterocycles. The van der Waals surface area contributed by atoms with Crippen molar-refractivity contribution in [2.24, 2.45) is 5.73 Å². The van der Waals surface area contributed by atoms with Crippen molar-refractivity contribution in [2.75, 3.05) is 0 Å². The summed E-state index contributed by atoms with van der Waals surface area (Å²) in [5.41, 5.74) is 5.85. The van der Waals surface area contributed by atoms with Gasteiger partial charge in [0.05, 0.1) is 6.10 Å².